The SMILES string of the molecule is COc1ccc(CC[N+](C)(C)C)cc1Cc1cc(CC[N+](C)(C)C)cc(Cc2cc(CC[N+](C)(C)C)ccc2OC)c1OC. The highest BCUT2D eigenvalue weighted by atomic mass is 16.5. The Kier molecular flexibility index (Phi) is 11.9. The summed E-state index contributed by atoms with van der Waals surface area (Å²) >= 11 is 0. The van der Waals surface area contributed by atoms with Crippen LogP contribution in [-0.4, -0.2) is 118 Å². The van der Waals surface area contributed by atoms with Crippen LogP contribution in [0.15, 0.2) is 48.5 Å². The van der Waals surface area contributed by atoms with Crippen molar-refractivity contribution in [2.24, 2.45) is 0 Å². The number of quaternary nitrogens is 3. The summed E-state index contributed by atoms with van der Waals surface area (Å²) in [4.78, 5) is 0. The first-order chi connectivity index (χ1) is 20.5. The summed E-state index contributed by atoms with van der Waals surface area (Å²) in [5.74, 6) is 2.80. The van der Waals surface area contributed by atoms with Gasteiger partial charge in [-0.25, -0.2) is 0 Å². The highest BCUT2D eigenvalue weighted by Gasteiger charge is 2.19. The average molecular weight is 607 g/mol. The molecule has 3 aromatic carbocycles. The van der Waals surface area contributed by atoms with Gasteiger partial charge in [0.05, 0.1) is 104 Å². The number of hydrogen-bond acceptors (Lipinski definition) is 3. The maximum absolute atomic E-state index is 6.22. The minimum atomic E-state index is 0.746. The molecule has 0 bridgehead atoms. The van der Waals surface area contributed by atoms with Crippen LogP contribution in [-0.2, 0) is 32.1 Å². The lowest BCUT2D eigenvalue weighted by Gasteiger charge is -2.25. The van der Waals surface area contributed by atoms with Crippen molar-refractivity contribution in [3.8, 4) is 17.2 Å². The first-order valence-electron chi connectivity index (χ1n) is 15.9. The number of ether oxygens (including phenoxy) is 3. The van der Waals surface area contributed by atoms with E-state index in [1.54, 1.807) is 21.3 Å². The average Bonchev–Trinajstić information content (AvgIpc) is 2.93. The summed E-state index contributed by atoms with van der Waals surface area (Å²) in [5.41, 5.74) is 8.80. The van der Waals surface area contributed by atoms with Gasteiger partial charge >= 0.3 is 0 Å². The molecule has 0 aliphatic carbocycles. The summed E-state index contributed by atoms with van der Waals surface area (Å²) in [6.07, 6.45) is 4.54. The number of benzene rings is 3. The lowest BCUT2D eigenvalue weighted by Crippen LogP contribution is -2.36. The van der Waals surface area contributed by atoms with Gasteiger partial charge in [-0.1, -0.05) is 36.4 Å². The van der Waals surface area contributed by atoms with E-state index in [0.29, 0.717) is 0 Å². The van der Waals surface area contributed by atoms with Crippen LogP contribution in [0.1, 0.15) is 38.9 Å². The van der Waals surface area contributed by atoms with Gasteiger partial charge in [-0.2, -0.15) is 0 Å². The van der Waals surface area contributed by atoms with E-state index in [2.05, 4.69) is 112 Å². The lowest BCUT2D eigenvalue weighted by molar-refractivity contribution is -0.870. The van der Waals surface area contributed by atoms with Crippen molar-refractivity contribution in [1.82, 2.24) is 0 Å². The molecule has 0 saturated heterocycles. The quantitative estimate of drug-likeness (QED) is 0.198. The Bertz CT molecular complexity index is 1290. The standard InChI is InChI=1S/C38H60N3O3/c1-39(2,3)20-17-29-13-15-36(42-10)32(23-29)27-34-25-31(19-22-41(7,8)9)26-35(38(34)44-12)28-33-24-30(14-16-37(33)43-11)18-21-40(4,5)6/h13-16,23-26H,17-22,27-28H2,1-12H3/q+3. The summed E-state index contributed by atoms with van der Waals surface area (Å²) in [5, 5.41) is 0. The zero-order valence-corrected chi connectivity index (χ0v) is 29.8. The Morgan fingerprint density at radius 3 is 1.09 bits per heavy atom. The second-order valence-electron chi connectivity index (χ2n) is 15.4. The zero-order chi connectivity index (χ0) is 32.7. The van der Waals surface area contributed by atoms with Crippen LogP contribution >= 0.6 is 0 Å². The van der Waals surface area contributed by atoms with Crippen LogP contribution in [0, 0.1) is 0 Å². The molecule has 0 aliphatic heterocycles. The molecule has 0 aromatic heterocycles. The minimum absolute atomic E-state index is 0.746. The van der Waals surface area contributed by atoms with Crippen molar-refractivity contribution in [1.29, 1.82) is 0 Å². The van der Waals surface area contributed by atoms with Crippen molar-refractivity contribution in [3.05, 3.63) is 87.5 Å². The van der Waals surface area contributed by atoms with Crippen molar-refractivity contribution < 1.29 is 27.7 Å². The summed E-state index contributed by atoms with van der Waals surface area (Å²) in [7, 11) is 25.6. The normalized spacial score (nSPS) is 12.4. The zero-order valence-electron chi connectivity index (χ0n) is 29.8. The Morgan fingerprint density at radius 1 is 0.432 bits per heavy atom. The molecule has 0 radical (unpaired) electrons. The number of rotatable bonds is 16. The van der Waals surface area contributed by atoms with E-state index < -0.39 is 0 Å². The molecule has 6 nitrogen and oxygen atoms in total. The second-order valence-corrected chi connectivity index (χ2v) is 15.4. The van der Waals surface area contributed by atoms with Gasteiger partial charge in [0.2, 0.25) is 0 Å². The fourth-order valence-electron chi connectivity index (χ4n) is 5.55. The Hall–Kier alpha value is -3.06. The van der Waals surface area contributed by atoms with Crippen molar-refractivity contribution >= 4 is 0 Å². The highest BCUT2D eigenvalue weighted by Crippen LogP contribution is 2.35. The third-order valence-corrected chi connectivity index (χ3v) is 8.17. The molecular weight excluding hydrogens is 546 g/mol. The predicted molar refractivity (Wildman–Crippen MR) is 184 cm³/mol. The highest BCUT2D eigenvalue weighted by molar-refractivity contribution is 5.52. The number of hydrogen-bond donors (Lipinski definition) is 0. The molecule has 3 aromatic rings. The molecule has 0 atom stereocenters. The van der Waals surface area contributed by atoms with Crippen LogP contribution in [0.4, 0.5) is 0 Å². The molecule has 44 heavy (non-hydrogen) atoms. The van der Waals surface area contributed by atoms with Crippen LogP contribution in [0.2, 0.25) is 0 Å². The summed E-state index contributed by atoms with van der Waals surface area (Å²) in [6, 6.07) is 18.0. The van der Waals surface area contributed by atoms with Gasteiger partial charge in [0.15, 0.2) is 0 Å². The second kappa shape index (κ2) is 14.8. The monoisotopic (exact) mass is 606 g/mol. The third kappa shape index (κ3) is 11.1. The fraction of sp³-hybridized carbons (Fsp3) is 0.526. The first kappa shape index (κ1) is 35.4. The first-order valence-corrected chi connectivity index (χ1v) is 15.9. The van der Waals surface area contributed by atoms with E-state index in [1.165, 1.54) is 38.9 Å². The fourth-order valence-corrected chi connectivity index (χ4v) is 5.55. The van der Waals surface area contributed by atoms with Crippen LogP contribution in [0.5, 0.6) is 17.2 Å². The van der Waals surface area contributed by atoms with E-state index in [1.807, 2.05) is 0 Å². The molecule has 0 aliphatic rings. The molecule has 0 amide bonds. The number of methoxy groups -OCH3 is 3. The molecule has 0 fully saturated rings. The Balaban J connectivity index is 2.07. The number of likely N-dealkylation sites (N-methyl/N-ethyl adjacent to an activating group) is 3. The maximum Gasteiger partial charge on any atom is 0.125 e. The maximum atomic E-state index is 6.22. The summed E-state index contributed by atoms with van der Waals surface area (Å²) < 4.78 is 20.7. The van der Waals surface area contributed by atoms with Gasteiger partial charge in [0.1, 0.15) is 17.2 Å². The summed E-state index contributed by atoms with van der Waals surface area (Å²) in [6.45, 7) is 3.21. The molecule has 0 saturated carbocycles. The molecule has 0 spiro atoms. The van der Waals surface area contributed by atoms with E-state index in [9.17, 15) is 0 Å². The largest absolute Gasteiger partial charge is 0.496 e. The van der Waals surface area contributed by atoms with Gasteiger partial charge in [-0.3, -0.25) is 0 Å². The van der Waals surface area contributed by atoms with Gasteiger partial charge in [0, 0.05) is 32.1 Å². The molecule has 242 valence electrons. The molecule has 0 heterocycles. The van der Waals surface area contributed by atoms with Crippen LogP contribution in [0.3, 0.4) is 0 Å². The topological polar surface area (TPSA) is 27.7 Å². The lowest BCUT2D eigenvalue weighted by atomic mass is 9.92. The predicted octanol–water partition coefficient (Wildman–Crippen LogP) is 5.64. The molecule has 0 unspecified atom stereocenters. The van der Waals surface area contributed by atoms with E-state index in [4.69, 9.17) is 14.2 Å². The van der Waals surface area contributed by atoms with Crippen molar-refractivity contribution in [2.75, 3.05) is 104 Å². The Morgan fingerprint density at radius 2 is 0.773 bits per heavy atom. The van der Waals surface area contributed by atoms with E-state index in [0.717, 1.165) is 82.4 Å². The van der Waals surface area contributed by atoms with E-state index >= 15 is 0 Å². The van der Waals surface area contributed by atoms with Gasteiger partial charge in [-0.05, 0) is 51.1 Å². The van der Waals surface area contributed by atoms with Crippen molar-refractivity contribution in [2.45, 2.75) is 32.1 Å². The van der Waals surface area contributed by atoms with Crippen LogP contribution < -0.4 is 14.2 Å². The molecule has 3 rings (SSSR count). The van der Waals surface area contributed by atoms with Crippen LogP contribution in [0.25, 0.3) is 0 Å². The molecular formula is C38H60N3O3+3. The smallest absolute Gasteiger partial charge is 0.125 e. The third-order valence-electron chi connectivity index (χ3n) is 8.17. The molecule has 0 N–H and O–H groups in total. The van der Waals surface area contributed by atoms with Crippen molar-refractivity contribution in [3.63, 3.8) is 0 Å². The van der Waals surface area contributed by atoms with E-state index in [-0.39, 0.29) is 0 Å². The van der Waals surface area contributed by atoms with Gasteiger partial charge < -0.3 is 27.7 Å². The molecule has 6 heteroatoms. The Labute approximate surface area is 268 Å². The minimum Gasteiger partial charge on any atom is -0.496 e. The number of nitrogens with zero attached hydrogens (tertiary/aromatic N) is 3. The van der Waals surface area contributed by atoms with Gasteiger partial charge in [0.25, 0.3) is 0 Å². The van der Waals surface area contributed by atoms with Gasteiger partial charge in [-0.15, -0.1) is 0 Å².